The summed E-state index contributed by atoms with van der Waals surface area (Å²) in [6.45, 7) is 4.80. The van der Waals surface area contributed by atoms with Gasteiger partial charge in [0.05, 0.1) is 20.2 Å². The van der Waals surface area contributed by atoms with Gasteiger partial charge in [-0.15, -0.1) is 0 Å². The Morgan fingerprint density at radius 1 is 0.964 bits per heavy atom. The summed E-state index contributed by atoms with van der Waals surface area (Å²) in [4.78, 5) is 16.6. The topological polar surface area (TPSA) is 84.0 Å². The molecular weight excluding hydrogens is 356 g/mol. The number of hydrogen-bond donors (Lipinski definition) is 3. The molecule has 0 heterocycles. The molecule has 7 heteroatoms. The number of rotatable bonds is 10. The number of benzene rings is 2. The Bertz CT molecular complexity index is 750. The molecule has 0 atom stereocenters. The van der Waals surface area contributed by atoms with Crippen molar-refractivity contribution in [3.8, 4) is 11.5 Å². The molecule has 28 heavy (non-hydrogen) atoms. The Morgan fingerprint density at radius 2 is 1.75 bits per heavy atom. The quantitative estimate of drug-likeness (QED) is 0.332. The standard InChI is InChI=1S/C21H28N4O3/c1-3-22-21(25-14-15-28-18-9-5-4-6-10-18)24-13-12-23-20(26)17-8-7-11-19(16-17)27-2/h4-11,16H,3,12-15H2,1-2H3,(H,23,26)(H2,22,24,25). The van der Waals surface area contributed by atoms with E-state index in [9.17, 15) is 4.79 Å². The van der Waals surface area contributed by atoms with Crippen LogP contribution < -0.4 is 25.4 Å². The minimum atomic E-state index is -0.150. The van der Waals surface area contributed by atoms with Crippen molar-refractivity contribution in [2.45, 2.75) is 6.92 Å². The molecule has 0 unspecified atom stereocenters. The van der Waals surface area contributed by atoms with Crippen LogP contribution in [0.1, 0.15) is 17.3 Å². The number of para-hydroxylation sites is 1. The fourth-order valence-corrected chi connectivity index (χ4v) is 2.40. The number of nitrogens with one attached hydrogen (secondary N) is 3. The number of carbonyl (C=O) groups is 1. The first-order valence-electron chi connectivity index (χ1n) is 9.35. The van der Waals surface area contributed by atoms with Crippen molar-refractivity contribution in [1.29, 1.82) is 0 Å². The Kier molecular flexibility index (Phi) is 9.20. The third-order valence-corrected chi connectivity index (χ3v) is 3.75. The predicted octanol–water partition coefficient (Wildman–Crippen LogP) is 2.06. The van der Waals surface area contributed by atoms with E-state index in [4.69, 9.17) is 9.47 Å². The average molecular weight is 384 g/mol. The van der Waals surface area contributed by atoms with Crippen LogP contribution >= 0.6 is 0 Å². The highest BCUT2D eigenvalue weighted by atomic mass is 16.5. The molecule has 0 bridgehead atoms. The molecule has 0 radical (unpaired) electrons. The first-order valence-corrected chi connectivity index (χ1v) is 9.35. The lowest BCUT2D eigenvalue weighted by molar-refractivity contribution is 0.0954. The van der Waals surface area contributed by atoms with Crippen LogP contribution in [-0.4, -0.2) is 51.8 Å². The van der Waals surface area contributed by atoms with E-state index >= 15 is 0 Å². The summed E-state index contributed by atoms with van der Waals surface area (Å²) in [5.41, 5.74) is 0.562. The lowest BCUT2D eigenvalue weighted by Crippen LogP contribution is -2.40. The van der Waals surface area contributed by atoms with Crippen LogP contribution in [-0.2, 0) is 0 Å². The average Bonchev–Trinajstić information content (AvgIpc) is 2.74. The fourth-order valence-electron chi connectivity index (χ4n) is 2.40. The van der Waals surface area contributed by atoms with Crippen molar-refractivity contribution in [3.05, 3.63) is 60.2 Å². The van der Waals surface area contributed by atoms with Gasteiger partial charge < -0.3 is 25.4 Å². The van der Waals surface area contributed by atoms with Crippen molar-refractivity contribution < 1.29 is 14.3 Å². The van der Waals surface area contributed by atoms with Crippen LogP contribution in [0, 0.1) is 0 Å². The van der Waals surface area contributed by atoms with Crippen LogP contribution in [0.25, 0.3) is 0 Å². The molecule has 1 amide bonds. The zero-order valence-electron chi connectivity index (χ0n) is 16.4. The van der Waals surface area contributed by atoms with E-state index in [1.807, 2.05) is 37.3 Å². The van der Waals surface area contributed by atoms with Crippen LogP contribution in [0.5, 0.6) is 11.5 Å². The number of guanidine groups is 1. The second-order valence-electron chi connectivity index (χ2n) is 5.84. The Morgan fingerprint density at radius 3 is 2.50 bits per heavy atom. The molecule has 3 N–H and O–H groups in total. The lowest BCUT2D eigenvalue weighted by Gasteiger charge is -2.12. The monoisotopic (exact) mass is 384 g/mol. The highest BCUT2D eigenvalue weighted by Gasteiger charge is 2.05. The molecule has 0 fully saturated rings. The second kappa shape index (κ2) is 12.2. The van der Waals surface area contributed by atoms with Gasteiger partial charge in [0.2, 0.25) is 0 Å². The molecule has 150 valence electrons. The van der Waals surface area contributed by atoms with Crippen LogP contribution in [0.15, 0.2) is 59.6 Å². The van der Waals surface area contributed by atoms with E-state index in [1.165, 1.54) is 0 Å². The summed E-state index contributed by atoms with van der Waals surface area (Å²) in [7, 11) is 1.58. The van der Waals surface area contributed by atoms with E-state index in [1.54, 1.807) is 31.4 Å². The van der Waals surface area contributed by atoms with E-state index in [-0.39, 0.29) is 5.91 Å². The van der Waals surface area contributed by atoms with E-state index < -0.39 is 0 Å². The van der Waals surface area contributed by atoms with Gasteiger partial charge in [-0.3, -0.25) is 9.79 Å². The number of amides is 1. The predicted molar refractivity (Wildman–Crippen MR) is 111 cm³/mol. The molecule has 0 saturated heterocycles. The fraction of sp³-hybridized carbons (Fsp3) is 0.333. The molecule has 7 nitrogen and oxygen atoms in total. The third-order valence-electron chi connectivity index (χ3n) is 3.75. The van der Waals surface area contributed by atoms with Gasteiger partial charge in [-0.2, -0.15) is 0 Å². The van der Waals surface area contributed by atoms with Crippen LogP contribution in [0.2, 0.25) is 0 Å². The maximum absolute atomic E-state index is 12.2. The smallest absolute Gasteiger partial charge is 0.251 e. The Labute approximate surface area is 166 Å². The van der Waals surface area contributed by atoms with Gasteiger partial charge in [0.25, 0.3) is 5.91 Å². The summed E-state index contributed by atoms with van der Waals surface area (Å²) < 4.78 is 10.8. The number of hydrogen-bond acceptors (Lipinski definition) is 4. The number of ether oxygens (including phenoxy) is 2. The second-order valence-corrected chi connectivity index (χ2v) is 5.84. The third kappa shape index (κ3) is 7.57. The van der Waals surface area contributed by atoms with Crippen molar-refractivity contribution in [3.63, 3.8) is 0 Å². The Hall–Kier alpha value is -3.22. The molecule has 0 aliphatic heterocycles. The molecule has 2 aromatic rings. The van der Waals surface area contributed by atoms with Crippen molar-refractivity contribution >= 4 is 11.9 Å². The SMILES string of the molecule is CCNC(=NCCNC(=O)c1cccc(OC)c1)NCCOc1ccccc1. The summed E-state index contributed by atoms with van der Waals surface area (Å²) >= 11 is 0. The van der Waals surface area contributed by atoms with Gasteiger partial charge in [0, 0.05) is 18.7 Å². The van der Waals surface area contributed by atoms with Crippen molar-refractivity contribution in [2.75, 3.05) is 39.9 Å². The minimum absolute atomic E-state index is 0.150. The van der Waals surface area contributed by atoms with Crippen LogP contribution in [0.3, 0.4) is 0 Å². The van der Waals surface area contributed by atoms with Gasteiger partial charge in [0.1, 0.15) is 18.1 Å². The van der Waals surface area contributed by atoms with Gasteiger partial charge in [0.15, 0.2) is 5.96 Å². The highest BCUT2D eigenvalue weighted by Crippen LogP contribution is 2.12. The molecule has 0 spiro atoms. The molecule has 0 aromatic heterocycles. The maximum Gasteiger partial charge on any atom is 0.251 e. The zero-order valence-corrected chi connectivity index (χ0v) is 16.4. The molecule has 2 rings (SSSR count). The number of carbonyl (C=O) groups excluding carboxylic acids is 1. The molecule has 0 saturated carbocycles. The normalized spacial score (nSPS) is 10.9. The first kappa shape index (κ1) is 21.1. The van der Waals surface area contributed by atoms with Crippen molar-refractivity contribution in [2.24, 2.45) is 4.99 Å². The highest BCUT2D eigenvalue weighted by molar-refractivity contribution is 5.94. The van der Waals surface area contributed by atoms with E-state index in [2.05, 4.69) is 20.9 Å². The number of aliphatic imine (C=N–C) groups is 1. The van der Waals surface area contributed by atoms with Gasteiger partial charge >= 0.3 is 0 Å². The largest absolute Gasteiger partial charge is 0.497 e. The van der Waals surface area contributed by atoms with E-state index in [0.29, 0.717) is 43.5 Å². The maximum atomic E-state index is 12.2. The molecule has 2 aromatic carbocycles. The summed E-state index contributed by atoms with van der Waals surface area (Å²) in [6, 6.07) is 16.7. The zero-order chi connectivity index (χ0) is 20.0. The van der Waals surface area contributed by atoms with Gasteiger partial charge in [-0.25, -0.2) is 0 Å². The molecule has 0 aliphatic carbocycles. The van der Waals surface area contributed by atoms with Gasteiger partial charge in [-0.1, -0.05) is 24.3 Å². The molecular formula is C21H28N4O3. The molecule has 0 aliphatic rings. The lowest BCUT2D eigenvalue weighted by atomic mass is 10.2. The summed E-state index contributed by atoms with van der Waals surface area (Å²) in [5, 5.41) is 9.24. The Balaban J connectivity index is 1.71. The summed E-state index contributed by atoms with van der Waals surface area (Å²) in [6.07, 6.45) is 0. The van der Waals surface area contributed by atoms with E-state index in [0.717, 1.165) is 12.3 Å². The van der Waals surface area contributed by atoms with Crippen LogP contribution in [0.4, 0.5) is 0 Å². The van der Waals surface area contributed by atoms with Crippen molar-refractivity contribution in [1.82, 2.24) is 16.0 Å². The summed E-state index contributed by atoms with van der Waals surface area (Å²) in [5.74, 6) is 2.03. The number of nitrogens with zero attached hydrogens (tertiary/aromatic N) is 1. The number of methoxy groups -OCH3 is 1. The van der Waals surface area contributed by atoms with Gasteiger partial charge in [-0.05, 0) is 37.3 Å². The minimum Gasteiger partial charge on any atom is -0.497 e. The first-order chi connectivity index (χ1) is 13.7.